The van der Waals surface area contributed by atoms with Gasteiger partial charge in [-0.1, -0.05) is 42.5 Å². The zero-order valence-corrected chi connectivity index (χ0v) is 16.3. The number of nitriles is 1. The molecule has 5 heteroatoms. The summed E-state index contributed by atoms with van der Waals surface area (Å²) in [5, 5.41) is 19.9. The van der Waals surface area contributed by atoms with Crippen LogP contribution in [-0.2, 0) is 19.5 Å². The summed E-state index contributed by atoms with van der Waals surface area (Å²) in [7, 11) is 1.56. The van der Waals surface area contributed by atoms with Crippen molar-refractivity contribution < 1.29 is 9.84 Å². The topological polar surface area (TPSA) is 59.7 Å². The lowest BCUT2D eigenvalue weighted by atomic mass is 10.0. The predicted molar refractivity (Wildman–Crippen MR) is 110 cm³/mol. The molecule has 1 saturated heterocycles. The van der Waals surface area contributed by atoms with Gasteiger partial charge in [-0.3, -0.25) is 9.80 Å². The third-order valence-electron chi connectivity index (χ3n) is 5.16. The summed E-state index contributed by atoms with van der Waals surface area (Å²) in [4.78, 5) is 4.53. The minimum atomic E-state index is -0.138. The molecule has 0 aliphatic carbocycles. The molecule has 1 aliphatic rings. The molecule has 1 atom stereocenters. The number of allylic oxidation sites excluding steroid dienone is 1. The number of nitrogens with zero attached hydrogens (tertiary/aromatic N) is 3. The van der Waals surface area contributed by atoms with Crippen LogP contribution in [0, 0.1) is 11.3 Å². The van der Waals surface area contributed by atoms with Gasteiger partial charge in [0.15, 0.2) is 11.5 Å². The summed E-state index contributed by atoms with van der Waals surface area (Å²) in [5.74, 6) is 0.655. The molecule has 0 bridgehead atoms. The summed E-state index contributed by atoms with van der Waals surface area (Å²) >= 11 is 0. The van der Waals surface area contributed by atoms with Gasteiger partial charge in [0.2, 0.25) is 0 Å². The number of phenolic OH excluding ortho intramolecular Hbond substituents is 1. The largest absolute Gasteiger partial charge is 0.504 e. The highest BCUT2D eigenvalue weighted by atomic mass is 16.5. The van der Waals surface area contributed by atoms with Crippen LogP contribution < -0.4 is 4.74 Å². The van der Waals surface area contributed by atoms with Crippen molar-refractivity contribution >= 4 is 0 Å². The first-order valence-electron chi connectivity index (χ1n) is 9.54. The van der Waals surface area contributed by atoms with Crippen LogP contribution in [0.4, 0.5) is 0 Å². The SMILES string of the molecule is C=CCc1cc(CN2CCN(Cc3ccccc3)[C@H](C#N)C2)cc(OC)c1O. The fraction of sp³-hybridized carbons (Fsp3) is 0.348. The van der Waals surface area contributed by atoms with Crippen LogP contribution in [0.5, 0.6) is 11.5 Å². The molecule has 28 heavy (non-hydrogen) atoms. The van der Waals surface area contributed by atoms with E-state index in [1.807, 2.05) is 30.3 Å². The smallest absolute Gasteiger partial charge is 0.161 e. The number of phenols is 1. The first-order valence-corrected chi connectivity index (χ1v) is 9.54. The Morgan fingerprint density at radius 3 is 2.68 bits per heavy atom. The van der Waals surface area contributed by atoms with Gasteiger partial charge in [0.05, 0.1) is 13.2 Å². The molecule has 0 spiro atoms. The van der Waals surface area contributed by atoms with Gasteiger partial charge in [0.25, 0.3) is 0 Å². The molecule has 1 heterocycles. The van der Waals surface area contributed by atoms with Crippen molar-refractivity contribution in [3.8, 4) is 17.6 Å². The van der Waals surface area contributed by atoms with Gasteiger partial charge in [0.1, 0.15) is 6.04 Å². The Labute approximate surface area is 167 Å². The van der Waals surface area contributed by atoms with Gasteiger partial charge < -0.3 is 9.84 Å². The Morgan fingerprint density at radius 2 is 2.00 bits per heavy atom. The third kappa shape index (κ3) is 4.72. The number of hydrogen-bond donors (Lipinski definition) is 1. The molecule has 5 nitrogen and oxygen atoms in total. The van der Waals surface area contributed by atoms with E-state index in [1.165, 1.54) is 5.56 Å². The van der Waals surface area contributed by atoms with Gasteiger partial charge in [-0.2, -0.15) is 5.26 Å². The van der Waals surface area contributed by atoms with Crippen molar-refractivity contribution in [1.82, 2.24) is 9.80 Å². The van der Waals surface area contributed by atoms with Crippen molar-refractivity contribution in [2.24, 2.45) is 0 Å². The molecule has 3 rings (SSSR count). The second-order valence-corrected chi connectivity index (χ2v) is 7.13. The number of piperazine rings is 1. The van der Waals surface area contributed by atoms with E-state index in [2.05, 4.69) is 34.6 Å². The Bertz CT molecular complexity index is 845. The quantitative estimate of drug-likeness (QED) is 0.750. The summed E-state index contributed by atoms with van der Waals surface area (Å²) in [5.41, 5.74) is 3.11. The fourth-order valence-corrected chi connectivity index (χ4v) is 3.70. The zero-order chi connectivity index (χ0) is 19.9. The van der Waals surface area contributed by atoms with E-state index in [0.29, 0.717) is 18.7 Å². The number of ether oxygens (including phenoxy) is 1. The van der Waals surface area contributed by atoms with E-state index < -0.39 is 0 Å². The molecular weight excluding hydrogens is 350 g/mol. The number of benzene rings is 2. The van der Waals surface area contributed by atoms with Gasteiger partial charge >= 0.3 is 0 Å². The van der Waals surface area contributed by atoms with Crippen molar-refractivity contribution in [2.75, 3.05) is 26.7 Å². The molecule has 0 aromatic heterocycles. The Balaban J connectivity index is 1.69. The maximum atomic E-state index is 10.3. The molecule has 2 aromatic carbocycles. The maximum Gasteiger partial charge on any atom is 0.161 e. The van der Waals surface area contributed by atoms with Crippen LogP contribution in [0.25, 0.3) is 0 Å². The molecule has 146 valence electrons. The average Bonchev–Trinajstić information content (AvgIpc) is 2.72. The Kier molecular flexibility index (Phi) is 6.70. The van der Waals surface area contributed by atoms with Crippen molar-refractivity contribution in [3.63, 3.8) is 0 Å². The minimum absolute atomic E-state index is 0.138. The lowest BCUT2D eigenvalue weighted by molar-refractivity contribution is 0.0901. The van der Waals surface area contributed by atoms with Gasteiger partial charge in [-0.15, -0.1) is 6.58 Å². The van der Waals surface area contributed by atoms with Crippen LogP contribution in [0.15, 0.2) is 55.1 Å². The van der Waals surface area contributed by atoms with E-state index in [9.17, 15) is 10.4 Å². The molecular formula is C23H27N3O2. The van der Waals surface area contributed by atoms with Crippen LogP contribution >= 0.6 is 0 Å². The molecule has 1 fully saturated rings. The van der Waals surface area contributed by atoms with E-state index >= 15 is 0 Å². The number of methoxy groups -OCH3 is 1. The highest BCUT2D eigenvalue weighted by Crippen LogP contribution is 2.32. The summed E-state index contributed by atoms with van der Waals surface area (Å²) < 4.78 is 5.32. The van der Waals surface area contributed by atoms with Crippen molar-refractivity contribution in [3.05, 3.63) is 71.8 Å². The van der Waals surface area contributed by atoms with E-state index in [4.69, 9.17) is 4.74 Å². The van der Waals surface area contributed by atoms with E-state index in [-0.39, 0.29) is 11.8 Å². The first-order chi connectivity index (χ1) is 13.6. The fourth-order valence-electron chi connectivity index (χ4n) is 3.70. The monoisotopic (exact) mass is 377 g/mol. The molecule has 1 aliphatic heterocycles. The number of hydrogen-bond acceptors (Lipinski definition) is 5. The second kappa shape index (κ2) is 9.41. The van der Waals surface area contributed by atoms with Crippen LogP contribution in [-0.4, -0.2) is 47.7 Å². The normalized spacial score (nSPS) is 17.8. The molecule has 1 N–H and O–H groups in total. The Morgan fingerprint density at radius 1 is 1.21 bits per heavy atom. The van der Waals surface area contributed by atoms with Crippen molar-refractivity contribution in [2.45, 2.75) is 25.6 Å². The second-order valence-electron chi connectivity index (χ2n) is 7.13. The van der Waals surface area contributed by atoms with Crippen LogP contribution in [0.3, 0.4) is 0 Å². The highest BCUT2D eigenvalue weighted by molar-refractivity contribution is 5.49. The number of aromatic hydroxyl groups is 1. The Hall–Kier alpha value is -2.81. The molecule has 0 radical (unpaired) electrons. The van der Waals surface area contributed by atoms with Gasteiger partial charge in [-0.05, 0) is 23.6 Å². The van der Waals surface area contributed by atoms with E-state index in [0.717, 1.165) is 37.3 Å². The summed E-state index contributed by atoms with van der Waals surface area (Å²) in [6.07, 6.45) is 2.36. The number of rotatable bonds is 7. The molecule has 2 aromatic rings. The van der Waals surface area contributed by atoms with Crippen LogP contribution in [0.2, 0.25) is 0 Å². The highest BCUT2D eigenvalue weighted by Gasteiger charge is 2.27. The lowest BCUT2D eigenvalue weighted by Gasteiger charge is -2.38. The average molecular weight is 377 g/mol. The molecule has 0 amide bonds. The maximum absolute atomic E-state index is 10.3. The third-order valence-corrected chi connectivity index (χ3v) is 5.16. The summed E-state index contributed by atoms with van der Waals surface area (Å²) in [6.45, 7) is 7.71. The predicted octanol–water partition coefficient (Wildman–Crippen LogP) is 3.34. The zero-order valence-electron chi connectivity index (χ0n) is 16.3. The minimum Gasteiger partial charge on any atom is -0.504 e. The summed E-state index contributed by atoms with van der Waals surface area (Å²) in [6, 6.07) is 16.5. The lowest BCUT2D eigenvalue weighted by Crippen LogP contribution is -2.51. The molecule has 0 unspecified atom stereocenters. The van der Waals surface area contributed by atoms with Crippen LogP contribution in [0.1, 0.15) is 16.7 Å². The van der Waals surface area contributed by atoms with E-state index in [1.54, 1.807) is 13.2 Å². The van der Waals surface area contributed by atoms with Gasteiger partial charge in [0, 0.05) is 38.3 Å². The van der Waals surface area contributed by atoms with Crippen molar-refractivity contribution in [1.29, 1.82) is 5.26 Å². The molecule has 0 saturated carbocycles. The first kappa shape index (κ1) is 19.9. The standard InChI is InChI=1S/C23H27N3O2/c1-3-7-20-12-19(13-22(28-2)23(20)27)15-25-10-11-26(21(14-24)17-25)16-18-8-5-4-6-9-18/h3-6,8-9,12-13,21,27H,1,7,10-11,15-17H2,2H3/t21-/m1/s1. The van der Waals surface area contributed by atoms with Gasteiger partial charge in [-0.25, -0.2) is 0 Å².